The molecule has 10 unspecified atom stereocenters. The Balaban J connectivity index is 0.000000157. The molecule has 23 heteroatoms. The molecule has 582 valence electrons. The molecule has 0 radical (unpaired) electrons. The number of fused-ring (bicyclic) bond motifs is 12. The zero-order valence-corrected chi connectivity index (χ0v) is 66.3. The topological polar surface area (TPSA) is 248 Å². The molecule has 2 spiro atoms. The van der Waals surface area contributed by atoms with E-state index in [4.69, 9.17) is 81.5 Å². The van der Waals surface area contributed by atoms with Gasteiger partial charge in [0.1, 0.15) is 72.6 Å². The Labute approximate surface area is 639 Å². The molecule has 0 saturated carbocycles. The number of rotatable bonds is 6. The number of halogens is 2. The third-order valence-electron chi connectivity index (χ3n) is 28.6. The van der Waals surface area contributed by atoms with E-state index < -0.39 is 23.8 Å². The fourth-order valence-corrected chi connectivity index (χ4v) is 22.6. The van der Waals surface area contributed by atoms with Crippen LogP contribution in [0.25, 0.3) is 0 Å². The molecule has 0 aromatic rings. The van der Waals surface area contributed by atoms with E-state index in [0.717, 1.165) is 119 Å². The molecule has 20 fully saturated rings. The molecule has 0 aromatic carbocycles. The van der Waals surface area contributed by atoms with Gasteiger partial charge >= 0.3 is 0 Å². The second-order valence-corrected chi connectivity index (χ2v) is 35.3. The van der Waals surface area contributed by atoms with Crippen LogP contribution in [0.1, 0.15) is 208 Å². The lowest BCUT2D eigenvalue weighted by molar-refractivity contribution is -0.292. The summed E-state index contributed by atoms with van der Waals surface area (Å²) < 4.78 is 108. The molecule has 24 bridgehead atoms. The van der Waals surface area contributed by atoms with E-state index in [-0.39, 0.29) is 213 Å². The van der Waals surface area contributed by atoms with Crippen LogP contribution in [0.2, 0.25) is 0 Å². The van der Waals surface area contributed by atoms with Crippen molar-refractivity contribution >= 4 is 48.8 Å². The van der Waals surface area contributed by atoms with Crippen LogP contribution in [-0.4, -0.2) is 223 Å². The van der Waals surface area contributed by atoms with Crippen LogP contribution in [-0.2, 0) is 85.4 Å². The van der Waals surface area contributed by atoms with Gasteiger partial charge in [0.15, 0.2) is 11.6 Å². The second kappa shape index (κ2) is 31.8. The first-order chi connectivity index (χ1) is 50.1. The normalized spacial score (nSPS) is 52.2. The lowest BCUT2D eigenvalue weighted by atomic mass is 9.78. The highest BCUT2D eigenvalue weighted by atomic mass is 128. The Morgan fingerprint density at radius 1 is 0.413 bits per heavy atom. The molecule has 20 heterocycles. The summed E-state index contributed by atoms with van der Waals surface area (Å²) in [6.45, 7) is 28.9. The van der Waals surface area contributed by atoms with E-state index in [1.54, 1.807) is 0 Å². The predicted molar refractivity (Wildman–Crippen MR) is 399 cm³/mol. The van der Waals surface area contributed by atoms with E-state index in [1.165, 1.54) is 0 Å². The second-order valence-electron chi connectivity index (χ2n) is 35.3. The molecule has 0 aromatic heterocycles. The van der Waals surface area contributed by atoms with E-state index in [9.17, 15) is 19.8 Å². The van der Waals surface area contributed by atoms with Crippen molar-refractivity contribution in [2.75, 3.05) is 6.54 Å². The number of hydrogen-bond donors (Lipinski definition) is 3. The molecule has 20 aliphatic rings. The summed E-state index contributed by atoms with van der Waals surface area (Å²) >= 11 is 4.24. The molecule has 20 saturated heterocycles. The van der Waals surface area contributed by atoms with Gasteiger partial charge in [-0.1, -0.05) is 60.9 Å². The first-order valence-corrected chi connectivity index (χ1v) is 46.9. The highest BCUT2D eigenvalue weighted by Crippen LogP contribution is 2.58. The summed E-state index contributed by atoms with van der Waals surface area (Å²) in [7, 11) is 0. The standard InChI is InChI=1S/C41H60O10.C40H59NO10.I2/c1-6-24(42)17-32-23(5)29-16-25(43)15-27-8-10-31-36(46-27)40-39-38(48-31)37-35(49-39)19-41(50-37,51-40)12-11-28-14-21(3)30(44-28)9-7-26-13-20(2)22(4)33(45-26)18-34(29)47-32;1-19-11-25-5-7-29-20(2)12-27(44-29)9-10-40-17-34-36(50-40)37-38(49-34)39(51-40)35-30(48-37)8-6-26(46-35)13-23(42)14-28-22(4)31(15-24(43)18-41)47-33(28)16-32(45-25)21(19)3;1-2/h20,23-24,26-40,42H,3-4,6-19H2,1-2,5H3;19,22,24-39,43H,2-3,5-18,41H2,1,4H3;/t20-,23-,24-,26?,27?,28?,29-,30+,31+,32-,33-,34?,35-,36+,37?,38+,39-,40+,41+;19-,22-,24+,25?,26?,27?,28-,29+,30+,31-,32-,33?,34-,35+,36?,37+,38-,39+,40+;/m11./s1. The van der Waals surface area contributed by atoms with E-state index in [0.29, 0.717) is 88.9 Å². The SMILES string of the molecule is C=C1CC2CC[C@@]34C[C@H]5O[C@H]6[C@@H](O3)[C@H]3OC(CC[C@@H]3O[C@H]6C5O4)CC(=O)C[C@H]3C(C[C@H]4OC(CC[C@@H]1O2)C[C@@H](C)C4=C)O[C@H](C[C@H](O)CC)[C@@H]3C.C=C1CC2CC[C@@]34C[C@H]5O[C@H]6[C@@H](O3)[C@H]3OC(CC[C@@H]3O[C@H]6C5O4)CC(=O)C[C@H]3C(C[C@H]4OC(CC[C@@H]1O2)C[C@@H](C)C4=C)O[C@H](C[C@H](O)CN)[C@@H]3C.II. The van der Waals surface area contributed by atoms with Crippen LogP contribution in [0.4, 0.5) is 0 Å². The minimum Gasteiger partial charge on any atom is -0.393 e. The minimum absolute atomic E-state index is 0.00127. The largest absolute Gasteiger partial charge is 0.393 e. The van der Waals surface area contributed by atoms with Crippen molar-refractivity contribution in [1.82, 2.24) is 0 Å². The van der Waals surface area contributed by atoms with Gasteiger partial charge in [-0.05, 0) is 161 Å². The molecule has 38 atom stereocenters. The van der Waals surface area contributed by atoms with Crippen LogP contribution in [0.15, 0.2) is 48.6 Å². The summed E-state index contributed by atoms with van der Waals surface area (Å²) in [6.07, 6.45) is 14.3. The van der Waals surface area contributed by atoms with Crippen molar-refractivity contribution in [1.29, 1.82) is 0 Å². The number of nitrogens with two attached hydrogens (primary N) is 1. The Hall–Kier alpha value is -1.000. The summed E-state index contributed by atoms with van der Waals surface area (Å²) in [6, 6.07) is 0. The van der Waals surface area contributed by atoms with Crippen LogP contribution in [0, 0.1) is 35.5 Å². The summed E-state index contributed by atoms with van der Waals surface area (Å²) in [5, 5.41) is 21.1. The van der Waals surface area contributed by atoms with Gasteiger partial charge in [-0.2, -0.15) is 0 Å². The summed E-state index contributed by atoms with van der Waals surface area (Å²) in [5.74, 6) is -0.299. The zero-order chi connectivity index (χ0) is 72.4. The maximum absolute atomic E-state index is 14.0. The van der Waals surface area contributed by atoms with Crippen molar-refractivity contribution in [2.24, 2.45) is 41.2 Å². The number of aliphatic hydroxyl groups excluding tert-OH is 2. The van der Waals surface area contributed by atoms with Gasteiger partial charge in [-0.3, -0.25) is 9.59 Å². The first-order valence-electron chi connectivity index (χ1n) is 40.7. The Morgan fingerprint density at radius 3 is 1.23 bits per heavy atom. The van der Waals surface area contributed by atoms with Gasteiger partial charge in [0.25, 0.3) is 0 Å². The quantitative estimate of drug-likeness (QED) is 0.165. The van der Waals surface area contributed by atoms with Crippen molar-refractivity contribution in [3.63, 3.8) is 0 Å². The smallest absolute Gasteiger partial charge is 0.172 e. The lowest BCUT2D eigenvalue weighted by Crippen LogP contribution is -2.61. The number of hydrogen-bond acceptors (Lipinski definition) is 21. The summed E-state index contributed by atoms with van der Waals surface area (Å²) in [5.41, 5.74) is 10.3. The fraction of sp³-hybridized carbons (Fsp3) is 0.877. The van der Waals surface area contributed by atoms with Gasteiger partial charge in [0.2, 0.25) is 0 Å². The van der Waals surface area contributed by atoms with Crippen molar-refractivity contribution in [3.8, 4) is 0 Å². The molecule has 0 amide bonds. The maximum Gasteiger partial charge on any atom is 0.172 e. The Bertz CT molecular complexity index is 2930. The number of ketones is 2. The van der Waals surface area contributed by atoms with Crippen LogP contribution >= 0.6 is 37.2 Å². The van der Waals surface area contributed by atoms with Crippen molar-refractivity contribution < 1.29 is 95.6 Å². The van der Waals surface area contributed by atoms with Gasteiger partial charge in [-0.25, -0.2) is 0 Å². The number of Topliss-reactive ketones (excluding diaryl/α,β-unsaturated/α-hetero) is 2. The average Bonchev–Trinajstić information content (AvgIpc) is 1.55. The number of ether oxygens (including phenoxy) is 16. The van der Waals surface area contributed by atoms with E-state index in [2.05, 4.69) is 91.2 Å². The third kappa shape index (κ3) is 15.3. The fourth-order valence-electron chi connectivity index (χ4n) is 22.6. The van der Waals surface area contributed by atoms with Crippen LogP contribution in [0.3, 0.4) is 0 Å². The molecular formula is C81H119I2NO20. The minimum atomic E-state index is -0.765. The maximum atomic E-state index is 14.0. The summed E-state index contributed by atoms with van der Waals surface area (Å²) in [4.78, 5) is 28.0. The van der Waals surface area contributed by atoms with Gasteiger partial charge in [0.05, 0.1) is 122 Å². The predicted octanol–water partition coefficient (Wildman–Crippen LogP) is 11.3. The number of carbonyl (C=O) groups excluding carboxylic acids is 2. The molecule has 0 aliphatic carbocycles. The van der Waals surface area contributed by atoms with Gasteiger partial charge in [0, 0.05) is 114 Å². The highest BCUT2D eigenvalue weighted by Gasteiger charge is 2.71. The molecule has 104 heavy (non-hydrogen) atoms. The molecule has 20 aliphatic heterocycles. The monoisotopic (exact) mass is 1680 g/mol. The molecular weight excluding hydrogens is 1560 g/mol. The zero-order valence-electron chi connectivity index (χ0n) is 62.0. The van der Waals surface area contributed by atoms with Crippen LogP contribution in [0.5, 0.6) is 0 Å². The van der Waals surface area contributed by atoms with Gasteiger partial charge < -0.3 is 91.7 Å². The lowest BCUT2D eigenvalue weighted by Gasteiger charge is -2.47. The van der Waals surface area contributed by atoms with E-state index in [1.807, 2.05) is 6.92 Å². The van der Waals surface area contributed by atoms with Gasteiger partial charge in [-0.15, -0.1) is 0 Å². The van der Waals surface area contributed by atoms with Crippen molar-refractivity contribution in [3.05, 3.63) is 48.6 Å². The first kappa shape index (κ1) is 77.0. The molecule has 4 N–H and O–H groups in total. The molecule has 21 nitrogen and oxygen atoms in total. The van der Waals surface area contributed by atoms with Crippen LogP contribution < -0.4 is 5.73 Å². The van der Waals surface area contributed by atoms with Crippen molar-refractivity contribution in [2.45, 2.75) is 403 Å². The average molecular weight is 1680 g/mol. The van der Waals surface area contributed by atoms with E-state index >= 15 is 0 Å². The number of aliphatic hydroxyl groups is 2. The molecule has 20 rings (SSSR count). The number of carbonyl (C=O) groups is 2. The Kier molecular flexibility index (Phi) is 23.5. The highest BCUT2D eigenvalue weighted by molar-refractivity contribution is 15.0. The Morgan fingerprint density at radius 2 is 0.798 bits per heavy atom. The third-order valence-corrected chi connectivity index (χ3v) is 28.6.